The molecule has 0 unspecified atom stereocenters. The third-order valence-electron chi connectivity index (χ3n) is 4.44. The summed E-state index contributed by atoms with van der Waals surface area (Å²) in [4.78, 5) is 13.8. The van der Waals surface area contributed by atoms with Crippen molar-refractivity contribution in [2.45, 2.75) is 12.6 Å². The zero-order chi connectivity index (χ0) is 18.1. The van der Waals surface area contributed by atoms with Crippen molar-refractivity contribution in [3.63, 3.8) is 0 Å². The number of fused-ring (bicyclic) bond motifs is 1. The van der Waals surface area contributed by atoms with E-state index >= 15 is 0 Å². The number of hydrogen-bond acceptors (Lipinski definition) is 4. The van der Waals surface area contributed by atoms with Crippen LogP contribution in [0.5, 0.6) is 0 Å². The molecule has 132 valence electrons. The molecule has 0 saturated carbocycles. The van der Waals surface area contributed by atoms with Crippen molar-refractivity contribution in [2.75, 3.05) is 11.9 Å². The van der Waals surface area contributed by atoms with Gasteiger partial charge in [0.1, 0.15) is 6.04 Å². The van der Waals surface area contributed by atoms with E-state index in [1.165, 1.54) is 22.7 Å². The van der Waals surface area contributed by atoms with E-state index in [-0.39, 0.29) is 11.7 Å². The van der Waals surface area contributed by atoms with Gasteiger partial charge in [-0.25, -0.2) is 0 Å². The number of nitro benzene ring substituents is 1. The maximum atomic E-state index is 10.8. The lowest BCUT2D eigenvalue weighted by atomic mass is 10.1. The number of nitrogens with zero attached hydrogens (tertiary/aromatic N) is 3. The molecule has 0 bridgehead atoms. The highest BCUT2D eigenvalue weighted by molar-refractivity contribution is 7.80. The van der Waals surface area contributed by atoms with Crippen LogP contribution in [0.3, 0.4) is 0 Å². The number of benzene rings is 1. The van der Waals surface area contributed by atoms with Crippen molar-refractivity contribution in [2.24, 2.45) is 0 Å². The van der Waals surface area contributed by atoms with E-state index in [9.17, 15) is 10.1 Å². The summed E-state index contributed by atoms with van der Waals surface area (Å²) in [5, 5.41) is 16.7. The summed E-state index contributed by atoms with van der Waals surface area (Å²) in [5.74, 6) is 0. The van der Waals surface area contributed by atoms with Crippen LogP contribution in [0.1, 0.15) is 16.6 Å². The van der Waals surface area contributed by atoms with Crippen LogP contribution in [0.2, 0.25) is 0 Å². The number of anilines is 1. The molecule has 0 spiro atoms. The lowest BCUT2D eigenvalue weighted by molar-refractivity contribution is -0.384. The van der Waals surface area contributed by atoms with Gasteiger partial charge in [0.05, 0.1) is 4.92 Å². The summed E-state index contributed by atoms with van der Waals surface area (Å²) in [6.07, 6.45) is 2.10. The zero-order valence-corrected chi connectivity index (χ0v) is 15.4. The first-order chi connectivity index (χ1) is 12.6. The summed E-state index contributed by atoms with van der Waals surface area (Å²) in [6.45, 7) is 1.66. The number of nitro groups is 1. The van der Waals surface area contributed by atoms with Crippen LogP contribution in [-0.2, 0) is 6.54 Å². The Morgan fingerprint density at radius 3 is 2.69 bits per heavy atom. The second kappa shape index (κ2) is 6.89. The van der Waals surface area contributed by atoms with Gasteiger partial charge in [0, 0.05) is 47.7 Å². The van der Waals surface area contributed by atoms with Crippen LogP contribution in [0.15, 0.2) is 60.1 Å². The van der Waals surface area contributed by atoms with Gasteiger partial charge in [-0.1, -0.05) is 6.07 Å². The minimum Gasteiger partial charge on any atom is -0.347 e. The normalized spacial score (nSPS) is 16.2. The monoisotopic (exact) mass is 384 g/mol. The SMILES string of the molecule is O=[N+]([O-])c1ccc(NC(=S)N2CCn3cccc3[C@H]2c2cccs2)cc1. The highest BCUT2D eigenvalue weighted by Gasteiger charge is 2.31. The molecule has 1 aliphatic heterocycles. The van der Waals surface area contributed by atoms with E-state index in [1.807, 2.05) is 6.07 Å². The maximum absolute atomic E-state index is 10.8. The Bertz CT molecular complexity index is 935. The van der Waals surface area contributed by atoms with E-state index in [0.29, 0.717) is 5.11 Å². The predicted octanol–water partition coefficient (Wildman–Crippen LogP) is 4.26. The van der Waals surface area contributed by atoms with E-state index in [2.05, 4.69) is 44.6 Å². The molecule has 8 heteroatoms. The number of nitrogens with one attached hydrogen (secondary N) is 1. The van der Waals surface area contributed by atoms with Gasteiger partial charge in [0.25, 0.3) is 5.69 Å². The Hall–Kier alpha value is -2.71. The van der Waals surface area contributed by atoms with E-state index in [1.54, 1.807) is 23.5 Å². The van der Waals surface area contributed by atoms with E-state index in [0.717, 1.165) is 18.8 Å². The number of non-ortho nitro benzene ring substituents is 1. The van der Waals surface area contributed by atoms with Crippen molar-refractivity contribution in [1.29, 1.82) is 0 Å². The quantitative estimate of drug-likeness (QED) is 0.415. The fourth-order valence-corrected chi connectivity index (χ4v) is 4.37. The van der Waals surface area contributed by atoms with Gasteiger partial charge in [0.2, 0.25) is 0 Å². The summed E-state index contributed by atoms with van der Waals surface area (Å²) >= 11 is 7.38. The molecule has 0 saturated heterocycles. The van der Waals surface area contributed by atoms with Crippen molar-refractivity contribution < 1.29 is 4.92 Å². The third-order valence-corrected chi connectivity index (χ3v) is 5.70. The van der Waals surface area contributed by atoms with Gasteiger partial charge in [-0.05, 0) is 47.9 Å². The smallest absolute Gasteiger partial charge is 0.269 e. The minimum absolute atomic E-state index is 0.0636. The topological polar surface area (TPSA) is 63.3 Å². The molecular weight excluding hydrogens is 368 g/mol. The average molecular weight is 384 g/mol. The van der Waals surface area contributed by atoms with Crippen LogP contribution in [0.25, 0.3) is 0 Å². The predicted molar refractivity (Wildman–Crippen MR) is 107 cm³/mol. The van der Waals surface area contributed by atoms with E-state index < -0.39 is 4.92 Å². The third kappa shape index (κ3) is 3.09. The summed E-state index contributed by atoms with van der Waals surface area (Å²) in [6, 6.07) is 14.7. The highest BCUT2D eigenvalue weighted by Crippen LogP contribution is 2.35. The maximum Gasteiger partial charge on any atom is 0.269 e. The first-order valence-electron chi connectivity index (χ1n) is 8.14. The lowest BCUT2D eigenvalue weighted by Crippen LogP contribution is -2.44. The summed E-state index contributed by atoms with van der Waals surface area (Å²) in [7, 11) is 0. The molecule has 1 atom stereocenters. The Labute approximate surface area is 159 Å². The molecule has 6 nitrogen and oxygen atoms in total. The van der Waals surface area contributed by atoms with Crippen molar-refractivity contribution in [1.82, 2.24) is 9.47 Å². The molecule has 4 rings (SSSR count). The second-order valence-electron chi connectivity index (χ2n) is 5.97. The summed E-state index contributed by atoms with van der Waals surface area (Å²) < 4.78 is 2.26. The van der Waals surface area contributed by atoms with Gasteiger partial charge >= 0.3 is 0 Å². The molecular formula is C18H16N4O2S2. The van der Waals surface area contributed by atoms with Crippen LogP contribution in [-0.4, -0.2) is 26.0 Å². The first-order valence-corrected chi connectivity index (χ1v) is 9.43. The van der Waals surface area contributed by atoms with Gasteiger partial charge in [-0.2, -0.15) is 0 Å². The number of thiophene rings is 1. The van der Waals surface area contributed by atoms with Crippen LogP contribution >= 0.6 is 23.6 Å². The van der Waals surface area contributed by atoms with Crippen molar-refractivity contribution in [3.8, 4) is 0 Å². The summed E-state index contributed by atoms with van der Waals surface area (Å²) in [5.41, 5.74) is 2.02. The molecule has 0 aliphatic carbocycles. The van der Waals surface area contributed by atoms with Crippen LogP contribution in [0.4, 0.5) is 11.4 Å². The van der Waals surface area contributed by atoms with E-state index in [4.69, 9.17) is 12.2 Å². The average Bonchev–Trinajstić information content (AvgIpc) is 3.32. The number of hydrogen-bond donors (Lipinski definition) is 1. The number of aromatic nitrogens is 1. The number of rotatable bonds is 3. The Morgan fingerprint density at radius 2 is 2.00 bits per heavy atom. The molecule has 3 aromatic rings. The standard InChI is InChI=1S/C18H16N4O2S2/c23-22(24)14-7-5-13(6-8-14)19-18(25)21-11-10-20-9-1-3-15(20)17(21)16-4-2-12-26-16/h1-9,12,17H,10-11H2,(H,19,25)/t17-/m0/s1. The fourth-order valence-electron chi connectivity index (χ4n) is 3.21. The van der Waals surface area contributed by atoms with Gasteiger partial charge < -0.3 is 14.8 Å². The lowest BCUT2D eigenvalue weighted by Gasteiger charge is -2.38. The molecule has 26 heavy (non-hydrogen) atoms. The molecule has 0 radical (unpaired) electrons. The molecule has 1 N–H and O–H groups in total. The molecule has 0 fully saturated rings. The first kappa shape index (κ1) is 16.7. The highest BCUT2D eigenvalue weighted by atomic mass is 32.1. The van der Waals surface area contributed by atoms with Crippen molar-refractivity contribution in [3.05, 3.63) is 80.8 Å². The minimum atomic E-state index is -0.409. The van der Waals surface area contributed by atoms with Gasteiger partial charge in [0.15, 0.2) is 5.11 Å². The molecule has 1 aromatic carbocycles. The fraction of sp³-hybridized carbons (Fsp3) is 0.167. The van der Waals surface area contributed by atoms with Crippen LogP contribution < -0.4 is 5.32 Å². The zero-order valence-electron chi connectivity index (χ0n) is 13.7. The Kier molecular flexibility index (Phi) is 4.44. The molecule has 1 aliphatic rings. The van der Waals surface area contributed by atoms with Gasteiger partial charge in [-0.3, -0.25) is 10.1 Å². The molecule has 2 aromatic heterocycles. The Morgan fingerprint density at radius 1 is 1.19 bits per heavy atom. The van der Waals surface area contributed by atoms with Crippen molar-refractivity contribution >= 4 is 40.0 Å². The number of thiocarbonyl (C=S) groups is 1. The Balaban J connectivity index is 1.59. The second-order valence-corrected chi connectivity index (χ2v) is 7.34. The van der Waals surface area contributed by atoms with Crippen LogP contribution in [0, 0.1) is 10.1 Å². The largest absolute Gasteiger partial charge is 0.347 e. The van der Waals surface area contributed by atoms with Gasteiger partial charge in [-0.15, -0.1) is 11.3 Å². The molecule has 3 heterocycles. The molecule has 0 amide bonds.